The number of H-pyrrole nitrogens is 1. The number of phenols is 1. The Balaban J connectivity index is 0.00000408. The van der Waals surface area contributed by atoms with Gasteiger partial charge in [0.2, 0.25) is 11.6 Å². The van der Waals surface area contributed by atoms with Crippen LogP contribution in [0.15, 0.2) is 48.7 Å². The predicted octanol–water partition coefficient (Wildman–Crippen LogP) is 3.78. The van der Waals surface area contributed by atoms with E-state index in [-0.39, 0.29) is 76.7 Å². The second-order valence-corrected chi connectivity index (χ2v) is 9.28. The topological polar surface area (TPSA) is 93.6 Å². The molecule has 0 unspecified atom stereocenters. The fourth-order valence-corrected chi connectivity index (χ4v) is 3.88. The molecule has 2 aromatic carbocycles. The van der Waals surface area contributed by atoms with E-state index in [0.29, 0.717) is 18.4 Å². The first kappa shape index (κ1) is 28.0. The van der Waals surface area contributed by atoms with Crippen molar-refractivity contribution in [3.05, 3.63) is 77.0 Å². The van der Waals surface area contributed by atoms with E-state index < -0.39 is 0 Å². The maximum absolute atomic E-state index is 12.7. The number of aryl methyl sites for hydroxylation is 1. The SMILES string of the molecule is [C-]#[N+]c1cc(C(=O)N[C@H](CCO)Cc2ccc(-c3c[n+](C)c(C(C)(C)C)[nH]3)cc2)ccc1O.[Pr]. The van der Waals surface area contributed by atoms with Crippen molar-refractivity contribution in [2.45, 2.75) is 45.1 Å². The minimum absolute atomic E-state index is 0. The summed E-state index contributed by atoms with van der Waals surface area (Å²) in [5, 5.41) is 22.1. The van der Waals surface area contributed by atoms with Crippen molar-refractivity contribution in [3.8, 4) is 17.0 Å². The summed E-state index contributed by atoms with van der Waals surface area (Å²) >= 11 is 0. The molecule has 0 spiro atoms. The van der Waals surface area contributed by atoms with Crippen LogP contribution < -0.4 is 9.88 Å². The van der Waals surface area contributed by atoms with Crippen molar-refractivity contribution in [2.75, 3.05) is 6.61 Å². The number of nitrogens with one attached hydrogen (secondary N) is 2. The van der Waals surface area contributed by atoms with E-state index in [2.05, 4.69) is 46.7 Å². The predicted molar refractivity (Wildman–Crippen MR) is 127 cm³/mol. The summed E-state index contributed by atoms with van der Waals surface area (Å²) in [7, 11) is 2.03. The molecule has 0 saturated heterocycles. The average Bonchev–Trinajstić information content (AvgIpc) is 3.17. The number of carbonyl (C=O) groups excluding carboxylic acids is 1. The number of nitrogens with zero attached hydrogens (tertiary/aromatic N) is 2. The molecule has 0 aliphatic rings. The maximum Gasteiger partial charge on any atom is 0.259 e. The zero-order valence-corrected chi connectivity index (χ0v) is 23.8. The van der Waals surface area contributed by atoms with Crippen molar-refractivity contribution in [1.82, 2.24) is 10.3 Å². The molecule has 0 aliphatic heterocycles. The van der Waals surface area contributed by atoms with Crippen molar-refractivity contribution in [1.29, 1.82) is 0 Å². The molecule has 1 amide bonds. The molecule has 34 heavy (non-hydrogen) atoms. The number of aliphatic hydroxyl groups is 1. The van der Waals surface area contributed by atoms with Gasteiger partial charge in [0, 0.05) is 65.1 Å². The molecule has 0 bridgehead atoms. The van der Waals surface area contributed by atoms with Gasteiger partial charge in [0.05, 0.1) is 19.0 Å². The van der Waals surface area contributed by atoms with E-state index in [1.807, 2.05) is 31.3 Å². The number of benzene rings is 2. The van der Waals surface area contributed by atoms with Crippen LogP contribution in [0.4, 0.5) is 5.69 Å². The van der Waals surface area contributed by atoms with Crippen LogP contribution in [-0.4, -0.2) is 33.8 Å². The maximum atomic E-state index is 12.7. The normalized spacial score (nSPS) is 11.9. The molecule has 3 rings (SSSR count). The van der Waals surface area contributed by atoms with E-state index in [1.165, 1.54) is 18.2 Å². The largest absolute Gasteiger partial charge is 0.519 e. The van der Waals surface area contributed by atoms with Crippen LogP contribution in [-0.2, 0) is 18.9 Å². The molecular weight excluding hydrogens is 557 g/mol. The van der Waals surface area contributed by atoms with Crippen molar-refractivity contribution >= 4 is 11.6 Å². The van der Waals surface area contributed by atoms with Crippen LogP contribution in [0.3, 0.4) is 0 Å². The zero-order chi connectivity index (χ0) is 24.2. The number of imidazole rings is 1. The Morgan fingerprint density at radius 1 is 1.21 bits per heavy atom. The molecule has 1 atom stereocenters. The molecular formula is C26H31N4O3Pr+. The number of rotatable bonds is 7. The van der Waals surface area contributed by atoms with Crippen LogP contribution in [0.5, 0.6) is 5.75 Å². The Labute approximate surface area is 234 Å². The van der Waals surface area contributed by atoms with Crippen LogP contribution >= 0.6 is 0 Å². The van der Waals surface area contributed by atoms with E-state index >= 15 is 0 Å². The number of aliphatic hydroxyl groups excluding tert-OH is 1. The van der Waals surface area contributed by atoms with Crippen LogP contribution in [0.25, 0.3) is 16.1 Å². The quantitative estimate of drug-likeness (QED) is 0.250. The van der Waals surface area contributed by atoms with E-state index in [9.17, 15) is 15.0 Å². The van der Waals surface area contributed by atoms with Gasteiger partial charge in [0.1, 0.15) is 11.9 Å². The minimum Gasteiger partial charge on any atom is -0.519 e. The minimum atomic E-state index is -0.344. The number of phenolic OH excluding ortho intramolecular Hbond substituents is 1. The molecule has 175 valence electrons. The second kappa shape index (κ2) is 11.9. The molecule has 4 N–H and O–H groups in total. The molecule has 0 aliphatic carbocycles. The van der Waals surface area contributed by atoms with E-state index in [1.54, 1.807) is 0 Å². The first-order chi connectivity index (χ1) is 15.6. The molecule has 1 aromatic heterocycles. The van der Waals surface area contributed by atoms with Crippen molar-refractivity contribution in [3.63, 3.8) is 0 Å². The Bertz CT molecular complexity index is 1170. The summed E-state index contributed by atoms with van der Waals surface area (Å²) in [4.78, 5) is 19.4. The number of aromatic nitrogens is 2. The standard InChI is InChI=1S/C26H30N4O3.Pr/c1-26(2,3)25-29-22(16-30(25)5)18-8-6-17(7-9-18)14-20(12-13-31)28-24(33)19-10-11-23(32)21(15-19)27-4;/h6-11,15-16,20,31H,12-14H2,1-3,5H3,(H2,28,32,33);/p+1/t20-;/m1./s1. The Morgan fingerprint density at radius 2 is 1.88 bits per heavy atom. The van der Waals surface area contributed by atoms with Gasteiger partial charge in [0.25, 0.3) is 5.82 Å². The number of aromatic hydroxyl groups is 1. The van der Waals surface area contributed by atoms with E-state index in [0.717, 1.165) is 22.6 Å². The Kier molecular flexibility index (Phi) is 9.81. The first-order valence-electron chi connectivity index (χ1n) is 10.9. The number of carbonyl (C=O) groups is 1. The molecule has 0 fully saturated rings. The number of amides is 1. The summed E-state index contributed by atoms with van der Waals surface area (Å²) in [5.41, 5.74) is 3.49. The molecule has 1 heterocycles. The van der Waals surface area contributed by atoms with Gasteiger partial charge in [0.15, 0.2) is 5.69 Å². The Hall–Kier alpha value is -2.27. The smallest absolute Gasteiger partial charge is 0.259 e. The Morgan fingerprint density at radius 3 is 2.44 bits per heavy atom. The van der Waals surface area contributed by atoms with Gasteiger partial charge in [-0.15, -0.1) is 0 Å². The third-order valence-corrected chi connectivity index (χ3v) is 5.56. The molecule has 0 saturated carbocycles. The van der Waals surface area contributed by atoms with Gasteiger partial charge in [-0.25, -0.2) is 14.4 Å². The number of aromatic amines is 1. The van der Waals surface area contributed by atoms with Crippen LogP contribution in [0, 0.1) is 47.9 Å². The summed E-state index contributed by atoms with van der Waals surface area (Å²) in [5.74, 6) is 0.644. The van der Waals surface area contributed by atoms with Gasteiger partial charge in [-0.3, -0.25) is 4.79 Å². The molecule has 8 heteroatoms. The van der Waals surface area contributed by atoms with Gasteiger partial charge in [-0.1, -0.05) is 24.3 Å². The van der Waals surface area contributed by atoms with Gasteiger partial charge >= 0.3 is 0 Å². The molecule has 7 nitrogen and oxygen atoms in total. The fraction of sp³-hybridized carbons (Fsp3) is 0.346. The zero-order valence-electron chi connectivity index (χ0n) is 20.1. The van der Waals surface area contributed by atoms with Gasteiger partial charge < -0.3 is 15.5 Å². The summed E-state index contributed by atoms with van der Waals surface area (Å²) in [6.45, 7) is 13.5. The third-order valence-electron chi connectivity index (χ3n) is 5.56. The van der Waals surface area contributed by atoms with Gasteiger partial charge in [-0.2, -0.15) is 0 Å². The number of hydrogen-bond donors (Lipinski definition) is 4. The molecule has 1 radical (unpaired) electrons. The summed E-state index contributed by atoms with van der Waals surface area (Å²) in [6, 6.07) is 12.1. The fourth-order valence-electron chi connectivity index (χ4n) is 3.88. The van der Waals surface area contributed by atoms with Crippen molar-refractivity contribution in [2.24, 2.45) is 7.05 Å². The van der Waals surface area contributed by atoms with Crippen LogP contribution in [0.1, 0.15) is 48.9 Å². The van der Waals surface area contributed by atoms with E-state index in [4.69, 9.17) is 6.57 Å². The third kappa shape index (κ3) is 6.88. The molecule has 3 aromatic rings. The van der Waals surface area contributed by atoms with Crippen molar-refractivity contribution < 1.29 is 60.9 Å². The second-order valence-electron chi connectivity index (χ2n) is 9.28. The first-order valence-corrected chi connectivity index (χ1v) is 10.9. The average molecular weight is 588 g/mol. The summed E-state index contributed by atoms with van der Waals surface area (Å²) < 4.78 is 2.11. The number of hydrogen-bond acceptors (Lipinski definition) is 3. The van der Waals surface area contributed by atoms with Gasteiger partial charge in [-0.05, 0) is 57.4 Å². The summed E-state index contributed by atoms with van der Waals surface area (Å²) in [6.07, 6.45) is 3.05. The van der Waals surface area contributed by atoms with Crippen LogP contribution in [0.2, 0.25) is 0 Å². The monoisotopic (exact) mass is 588 g/mol.